The van der Waals surface area contributed by atoms with E-state index in [4.69, 9.17) is 15.0 Å². The maximum absolute atomic E-state index is 13.8. The van der Waals surface area contributed by atoms with Gasteiger partial charge < -0.3 is 20.4 Å². The Labute approximate surface area is 265 Å². The molecule has 13 heteroatoms. The van der Waals surface area contributed by atoms with Crippen molar-refractivity contribution in [1.29, 1.82) is 0 Å². The third-order valence-electron chi connectivity index (χ3n) is 9.77. The molecule has 0 unspecified atom stereocenters. The van der Waals surface area contributed by atoms with Crippen LogP contribution in [0.5, 0.6) is 0 Å². The molecule has 1 saturated heterocycles. The third-order valence-corrected chi connectivity index (χ3v) is 10.8. The molecule has 1 aliphatic heterocycles. The molecule has 1 aromatic carbocycles. The summed E-state index contributed by atoms with van der Waals surface area (Å²) in [5, 5.41) is 13.0. The van der Waals surface area contributed by atoms with E-state index >= 15 is 0 Å². The Morgan fingerprint density at radius 3 is 2.61 bits per heavy atom. The average Bonchev–Trinajstić information content (AvgIpc) is 3.31. The number of nitrogens with zero attached hydrogens (tertiary/aromatic N) is 2. The Morgan fingerprint density at radius 2 is 1.95 bits per heavy atom. The molecule has 4 aliphatic rings. The molecule has 0 spiro atoms. The van der Waals surface area contributed by atoms with Crippen LogP contribution in [0.1, 0.15) is 78.7 Å². The van der Waals surface area contributed by atoms with E-state index in [0.717, 1.165) is 18.4 Å². The van der Waals surface area contributed by atoms with Gasteiger partial charge in [0.25, 0.3) is 5.96 Å². The van der Waals surface area contributed by atoms with Crippen molar-refractivity contribution in [3.8, 4) is 0 Å². The molecule has 242 valence electrons. The lowest BCUT2D eigenvalue weighted by Gasteiger charge is -2.64. The zero-order valence-electron chi connectivity index (χ0n) is 26.6. The van der Waals surface area contributed by atoms with Gasteiger partial charge in [0.05, 0.1) is 23.4 Å². The molecule has 4 N–H and O–H groups in total. The number of carbonyl (C=O) groups excluding carboxylic acids is 2. The van der Waals surface area contributed by atoms with Gasteiger partial charge in [0, 0.05) is 24.6 Å². The van der Waals surface area contributed by atoms with E-state index in [1.807, 2.05) is 35.8 Å². The van der Waals surface area contributed by atoms with Crippen LogP contribution in [0.3, 0.4) is 0 Å². The maximum atomic E-state index is 13.8. The highest BCUT2D eigenvalue weighted by atomic mass is 32.2. The fourth-order valence-electron chi connectivity index (χ4n) is 7.30. The van der Waals surface area contributed by atoms with Gasteiger partial charge >= 0.3 is 7.12 Å². The quantitative estimate of drug-likeness (QED) is 0.0610. The molecule has 3 aliphatic carbocycles. The van der Waals surface area contributed by atoms with Crippen molar-refractivity contribution in [3.05, 3.63) is 46.0 Å². The van der Waals surface area contributed by atoms with Gasteiger partial charge in [-0.15, -0.1) is 11.8 Å². The number of nitro groups is 1. The van der Waals surface area contributed by atoms with E-state index < -0.39 is 18.1 Å². The van der Waals surface area contributed by atoms with Crippen LogP contribution in [0.25, 0.3) is 0 Å². The summed E-state index contributed by atoms with van der Waals surface area (Å²) in [5.74, 6) is 0.892. The number of Topliss-reactive ketones (excluding diaryl/α,β-unsaturated/α-hetero) is 1. The number of hydrogen-bond donors (Lipinski definition) is 3. The van der Waals surface area contributed by atoms with Crippen molar-refractivity contribution in [2.45, 2.75) is 96.5 Å². The lowest BCUT2D eigenvalue weighted by Crippen LogP contribution is -2.65. The summed E-state index contributed by atoms with van der Waals surface area (Å²) >= 11 is 1.53. The zero-order valence-corrected chi connectivity index (χ0v) is 27.4. The summed E-state index contributed by atoms with van der Waals surface area (Å²) < 4.78 is 13.3. The Balaban J connectivity index is 1.40. The van der Waals surface area contributed by atoms with Gasteiger partial charge in [0.2, 0.25) is 5.91 Å². The Morgan fingerprint density at radius 1 is 1.23 bits per heavy atom. The number of nitrogens with two attached hydrogens (primary N) is 1. The minimum atomic E-state index is -0.774. The molecule has 6 atom stereocenters. The summed E-state index contributed by atoms with van der Waals surface area (Å²) in [5.41, 5.74) is 8.33. The highest BCUT2D eigenvalue weighted by molar-refractivity contribution is 7.99. The molecule has 5 rings (SSSR count). The summed E-state index contributed by atoms with van der Waals surface area (Å²) in [6.07, 6.45) is 3.71. The number of nitrogens with one attached hydrogen (secondary N) is 2. The molecular weight excluding hydrogens is 581 g/mol. The predicted molar refractivity (Wildman–Crippen MR) is 173 cm³/mol. The molecule has 0 aromatic heterocycles. The maximum Gasteiger partial charge on any atom is 0.481 e. The van der Waals surface area contributed by atoms with E-state index in [2.05, 4.69) is 44.9 Å². The second-order valence-electron chi connectivity index (χ2n) is 13.8. The number of ketones is 1. The second-order valence-corrected chi connectivity index (χ2v) is 14.8. The molecule has 0 radical (unpaired) electrons. The number of aliphatic imine (C=N–C) groups is 1. The highest BCUT2D eigenvalue weighted by Gasteiger charge is 2.68. The normalized spacial score (nSPS) is 26.8. The lowest BCUT2D eigenvalue weighted by atomic mass is 9.43. The topological polar surface area (TPSA) is 158 Å². The number of guanidine groups is 1. The van der Waals surface area contributed by atoms with Gasteiger partial charge in [-0.2, -0.15) is 0 Å². The number of carbonyl (C=O) groups is 2. The molecule has 44 heavy (non-hydrogen) atoms. The first-order valence-electron chi connectivity index (χ1n) is 15.8. The van der Waals surface area contributed by atoms with Crippen LogP contribution in [-0.2, 0) is 24.7 Å². The van der Waals surface area contributed by atoms with Crippen LogP contribution in [0.15, 0.2) is 35.3 Å². The first-order valence-corrected chi connectivity index (χ1v) is 16.9. The van der Waals surface area contributed by atoms with Crippen molar-refractivity contribution in [2.75, 3.05) is 12.3 Å². The fraction of sp³-hybridized carbons (Fsp3) is 0.710. The summed E-state index contributed by atoms with van der Waals surface area (Å²) in [4.78, 5) is 41.5. The minimum Gasteiger partial charge on any atom is -0.404 e. The minimum absolute atomic E-state index is 0.00146. The van der Waals surface area contributed by atoms with Gasteiger partial charge in [-0.1, -0.05) is 63.5 Å². The third kappa shape index (κ3) is 8.34. The summed E-state index contributed by atoms with van der Waals surface area (Å²) in [6, 6.07) is 9.95. The first kappa shape index (κ1) is 34.2. The molecule has 3 saturated carbocycles. The SMILES string of the molecule is CC(C)C[C@H](NC(=O)[C@H](CCCN=C(N)N[N+](=O)[O-])CC(=O)CSCc1ccccc1)B1O[C@@H]2C[C@@H]3C[C@@H](C3(C)C)[C@]2(C)O1. The molecule has 11 nitrogen and oxygen atoms in total. The van der Waals surface area contributed by atoms with Gasteiger partial charge in [-0.25, -0.2) is 15.1 Å². The Hall–Kier alpha value is -2.64. The predicted octanol–water partition coefficient (Wildman–Crippen LogP) is 4.17. The number of benzene rings is 1. The fourth-order valence-corrected chi connectivity index (χ4v) is 8.18. The van der Waals surface area contributed by atoms with Crippen LogP contribution in [0.2, 0.25) is 0 Å². The van der Waals surface area contributed by atoms with E-state index in [0.29, 0.717) is 42.6 Å². The number of amides is 1. The van der Waals surface area contributed by atoms with E-state index in [-0.39, 0.29) is 59.6 Å². The van der Waals surface area contributed by atoms with Crippen molar-refractivity contribution in [3.63, 3.8) is 0 Å². The number of thioether (sulfide) groups is 1. The van der Waals surface area contributed by atoms with E-state index in [9.17, 15) is 19.7 Å². The number of hydrogen-bond acceptors (Lipinski definition) is 8. The van der Waals surface area contributed by atoms with Crippen molar-refractivity contribution in [1.82, 2.24) is 10.7 Å². The molecule has 1 heterocycles. The number of rotatable bonds is 16. The first-order chi connectivity index (χ1) is 20.8. The van der Waals surface area contributed by atoms with E-state index in [1.54, 1.807) is 0 Å². The van der Waals surface area contributed by atoms with E-state index in [1.165, 1.54) is 11.8 Å². The Bertz CT molecular complexity index is 1200. The Kier molecular flexibility index (Phi) is 11.4. The van der Waals surface area contributed by atoms with Gasteiger partial charge in [0.1, 0.15) is 5.78 Å². The second kappa shape index (κ2) is 14.6. The smallest absolute Gasteiger partial charge is 0.404 e. The number of hydrazine groups is 1. The zero-order chi connectivity index (χ0) is 32.1. The molecule has 4 fully saturated rings. The molecular formula is C31H48BN5O6S. The monoisotopic (exact) mass is 629 g/mol. The van der Waals surface area contributed by atoms with Crippen LogP contribution in [-0.4, -0.2) is 59.7 Å². The van der Waals surface area contributed by atoms with Crippen LogP contribution in [0, 0.1) is 39.2 Å². The van der Waals surface area contributed by atoms with Crippen LogP contribution < -0.4 is 16.5 Å². The standard InChI is InChI=1S/C31H48BN5O6S/c1-20(2)14-27(32-42-26-17-23-16-25(30(23,3)4)31(26,5)43-32)35-28(39)22(12-9-13-34-29(33)36-37(40)41)15-24(38)19-44-18-21-10-7-6-8-11-21/h6-8,10-11,20,22-23,25-27H,9,12-19H2,1-5H3,(H,35,39)(H3,33,34,36)/t22-,23+,25+,26-,27+,31+/m1/s1. The summed E-state index contributed by atoms with van der Waals surface area (Å²) in [7, 11) is -0.554. The van der Waals surface area contributed by atoms with Crippen molar-refractivity contribution in [2.24, 2.45) is 39.8 Å². The van der Waals surface area contributed by atoms with Crippen molar-refractivity contribution < 1.29 is 23.9 Å². The molecule has 1 aromatic rings. The lowest BCUT2D eigenvalue weighted by molar-refractivity contribution is -0.525. The van der Waals surface area contributed by atoms with Crippen LogP contribution >= 0.6 is 11.8 Å². The van der Waals surface area contributed by atoms with Crippen LogP contribution in [0.4, 0.5) is 0 Å². The molecule has 2 bridgehead atoms. The largest absolute Gasteiger partial charge is 0.481 e. The summed E-state index contributed by atoms with van der Waals surface area (Å²) in [6.45, 7) is 11.2. The molecule has 1 amide bonds. The highest BCUT2D eigenvalue weighted by Crippen LogP contribution is 2.65. The van der Waals surface area contributed by atoms with Gasteiger partial charge in [-0.05, 0) is 67.8 Å². The van der Waals surface area contributed by atoms with Gasteiger partial charge in [0.15, 0.2) is 5.03 Å². The average molecular weight is 630 g/mol. The van der Waals surface area contributed by atoms with Gasteiger partial charge in [-0.3, -0.25) is 9.59 Å². The van der Waals surface area contributed by atoms with Crippen molar-refractivity contribution >= 4 is 36.5 Å².